The molecule has 3 rings (SSSR count). The lowest BCUT2D eigenvalue weighted by Gasteiger charge is -2.33. The Labute approximate surface area is 248 Å². The van der Waals surface area contributed by atoms with Crippen molar-refractivity contribution in [3.63, 3.8) is 0 Å². The standard InChI is InChI=1S/C22H33N7O.2C2HF3O2/c1-13-9-10-15-14(11-13)18(27-16-7-5-6-8-17(16)28-21(23)24)29-19(26-15)20(30)25-12-22(2,3)4;2*3-2(4,5)1(6)7/h9-11,16-17H,5-8,12H2,1-4H3,(H,25,30)(H4,23,24,28)(H,26,27,29);2*(H,6,7). The Bertz CT molecular complexity index is 1310. The van der Waals surface area contributed by atoms with Gasteiger partial charge in [-0.25, -0.2) is 19.6 Å². The second-order valence-corrected chi connectivity index (χ2v) is 11.0. The van der Waals surface area contributed by atoms with Gasteiger partial charge in [-0.1, -0.05) is 45.2 Å². The number of nitrogens with one attached hydrogen (secondary N) is 4. The number of rotatable bonds is 5. The van der Waals surface area contributed by atoms with Crippen LogP contribution in [0.2, 0.25) is 0 Å². The number of hydrogen-bond donors (Lipinski definition) is 7. The predicted molar refractivity (Wildman–Crippen MR) is 148 cm³/mol. The second-order valence-electron chi connectivity index (χ2n) is 11.0. The van der Waals surface area contributed by atoms with Crippen molar-refractivity contribution in [1.29, 1.82) is 5.41 Å². The van der Waals surface area contributed by atoms with Crippen LogP contribution in [-0.4, -0.2) is 75.0 Å². The normalized spacial score (nSPS) is 16.8. The fourth-order valence-corrected chi connectivity index (χ4v) is 3.73. The third-order valence-electron chi connectivity index (χ3n) is 5.75. The molecule has 0 saturated heterocycles. The summed E-state index contributed by atoms with van der Waals surface area (Å²) in [6.07, 6.45) is -6.12. The number of carboxylic acids is 2. The van der Waals surface area contributed by atoms with Crippen LogP contribution in [0.1, 0.15) is 62.6 Å². The van der Waals surface area contributed by atoms with Gasteiger partial charge in [0.25, 0.3) is 5.91 Å². The van der Waals surface area contributed by atoms with Gasteiger partial charge in [0.05, 0.1) is 5.52 Å². The number of anilines is 1. The maximum atomic E-state index is 12.7. The molecular weight excluding hydrogens is 604 g/mol. The largest absolute Gasteiger partial charge is 0.490 e. The van der Waals surface area contributed by atoms with E-state index in [2.05, 4.69) is 46.7 Å². The molecule has 1 aromatic heterocycles. The molecule has 2 unspecified atom stereocenters. The molecule has 1 saturated carbocycles. The summed E-state index contributed by atoms with van der Waals surface area (Å²) in [6.45, 7) is 8.76. The maximum absolute atomic E-state index is 12.7. The third-order valence-corrected chi connectivity index (χ3v) is 5.75. The number of carbonyl (C=O) groups is 3. The summed E-state index contributed by atoms with van der Waals surface area (Å²) >= 11 is 0. The highest BCUT2D eigenvalue weighted by molar-refractivity contribution is 5.96. The number of alkyl halides is 6. The lowest BCUT2D eigenvalue weighted by molar-refractivity contribution is -0.193. The molecule has 2 aromatic rings. The Kier molecular flexibility index (Phi) is 13.2. The lowest BCUT2D eigenvalue weighted by atomic mass is 9.90. The van der Waals surface area contributed by atoms with E-state index in [0.717, 1.165) is 42.1 Å². The SMILES string of the molecule is Cc1ccc2nc(C(=O)NCC(C)(C)C)nc(NC3CCCCC3NC(=N)N)c2c1.O=C(O)C(F)(F)F.O=C(O)C(F)(F)F. The van der Waals surface area contributed by atoms with Gasteiger partial charge in [0.1, 0.15) is 5.82 Å². The summed E-state index contributed by atoms with van der Waals surface area (Å²) < 4.78 is 63.5. The van der Waals surface area contributed by atoms with Crippen molar-refractivity contribution in [2.75, 3.05) is 11.9 Å². The quantitative estimate of drug-likeness (QED) is 0.141. The van der Waals surface area contributed by atoms with Gasteiger partial charge in [0, 0.05) is 24.0 Å². The molecule has 0 aliphatic heterocycles. The number of nitrogens with zero attached hydrogens (tertiary/aromatic N) is 2. The van der Waals surface area contributed by atoms with E-state index >= 15 is 0 Å². The molecular formula is C26H35F6N7O5. The number of nitrogens with two attached hydrogens (primary N) is 1. The summed E-state index contributed by atoms with van der Waals surface area (Å²) in [7, 11) is 0. The van der Waals surface area contributed by atoms with Crippen LogP contribution in [0.15, 0.2) is 18.2 Å². The van der Waals surface area contributed by atoms with Crippen LogP contribution in [0.5, 0.6) is 0 Å². The number of halogens is 6. The summed E-state index contributed by atoms with van der Waals surface area (Å²) in [4.78, 5) is 39.6. The zero-order chi connectivity index (χ0) is 34.0. The fraction of sp³-hybridized carbons (Fsp3) is 0.538. The Morgan fingerprint density at radius 3 is 1.91 bits per heavy atom. The molecule has 8 N–H and O–H groups in total. The van der Waals surface area contributed by atoms with E-state index < -0.39 is 24.3 Å². The van der Waals surface area contributed by atoms with Crippen LogP contribution in [0.3, 0.4) is 0 Å². The number of aromatic nitrogens is 2. The van der Waals surface area contributed by atoms with E-state index in [1.165, 1.54) is 0 Å². The summed E-state index contributed by atoms with van der Waals surface area (Å²) in [5.41, 5.74) is 7.38. The van der Waals surface area contributed by atoms with E-state index in [4.69, 9.17) is 30.9 Å². The van der Waals surface area contributed by atoms with Gasteiger partial charge in [-0.05, 0) is 37.3 Å². The van der Waals surface area contributed by atoms with Crippen LogP contribution in [-0.2, 0) is 9.59 Å². The first-order valence-electron chi connectivity index (χ1n) is 13.0. The van der Waals surface area contributed by atoms with E-state index in [1.807, 2.05) is 25.1 Å². The number of carbonyl (C=O) groups excluding carboxylic acids is 1. The maximum Gasteiger partial charge on any atom is 0.490 e. The van der Waals surface area contributed by atoms with Crippen LogP contribution in [0.25, 0.3) is 10.9 Å². The Hall–Kier alpha value is -4.38. The molecule has 1 aliphatic carbocycles. The predicted octanol–water partition coefficient (Wildman–Crippen LogP) is 4.19. The monoisotopic (exact) mass is 639 g/mol. The molecule has 18 heteroatoms. The third kappa shape index (κ3) is 13.3. The summed E-state index contributed by atoms with van der Waals surface area (Å²) in [6, 6.07) is 6.04. The first-order valence-corrected chi connectivity index (χ1v) is 13.0. The molecule has 1 fully saturated rings. The van der Waals surface area contributed by atoms with Gasteiger partial charge in [-0.15, -0.1) is 0 Å². The van der Waals surface area contributed by atoms with Crippen molar-refractivity contribution in [2.24, 2.45) is 11.1 Å². The van der Waals surface area contributed by atoms with Crippen molar-refractivity contribution in [1.82, 2.24) is 20.6 Å². The number of hydrogen-bond acceptors (Lipinski definition) is 7. The Morgan fingerprint density at radius 2 is 1.45 bits per heavy atom. The Balaban J connectivity index is 0.000000574. The van der Waals surface area contributed by atoms with Gasteiger partial charge in [0.2, 0.25) is 5.82 Å². The minimum atomic E-state index is -5.08. The number of carboxylic acid groups (broad SMARTS) is 2. The molecule has 0 bridgehead atoms. The number of fused-ring (bicyclic) bond motifs is 1. The van der Waals surface area contributed by atoms with E-state index in [9.17, 15) is 31.1 Å². The zero-order valence-electron chi connectivity index (χ0n) is 24.3. The van der Waals surface area contributed by atoms with Gasteiger partial charge >= 0.3 is 24.3 Å². The lowest BCUT2D eigenvalue weighted by Crippen LogP contribution is -2.50. The van der Waals surface area contributed by atoms with E-state index in [1.54, 1.807) is 0 Å². The van der Waals surface area contributed by atoms with E-state index in [0.29, 0.717) is 12.4 Å². The number of aliphatic carboxylic acids is 2. The minimum Gasteiger partial charge on any atom is -0.475 e. The van der Waals surface area contributed by atoms with Crippen LogP contribution >= 0.6 is 0 Å². The average Bonchev–Trinajstić information content (AvgIpc) is 2.87. The number of benzene rings is 1. The van der Waals surface area contributed by atoms with Crippen molar-refractivity contribution in [3.8, 4) is 0 Å². The summed E-state index contributed by atoms with van der Waals surface area (Å²) in [5, 5.41) is 32.3. The highest BCUT2D eigenvalue weighted by Gasteiger charge is 2.39. The van der Waals surface area contributed by atoms with E-state index in [-0.39, 0.29) is 35.2 Å². The first kappa shape index (κ1) is 37.6. The van der Waals surface area contributed by atoms with Crippen LogP contribution in [0.4, 0.5) is 32.2 Å². The van der Waals surface area contributed by atoms with Gasteiger partial charge in [-0.2, -0.15) is 26.3 Å². The number of guanidine groups is 1. The highest BCUT2D eigenvalue weighted by atomic mass is 19.4. The van der Waals surface area contributed by atoms with Crippen molar-refractivity contribution >= 4 is 40.5 Å². The molecule has 1 aromatic carbocycles. The molecule has 246 valence electrons. The van der Waals surface area contributed by atoms with Crippen molar-refractivity contribution in [3.05, 3.63) is 29.6 Å². The second kappa shape index (κ2) is 15.4. The van der Waals surface area contributed by atoms with Crippen molar-refractivity contribution in [2.45, 2.75) is 77.8 Å². The van der Waals surface area contributed by atoms with Crippen molar-refractivity contribution < 1.29 is 50.9 Å². The molecule has 1 aliphatic rings. The average molecular weight is 640 g/mol. The van der Waals surface area contributed by atoms with Gasteiger partial charge in [0.15, 0.2) is 5.96 Å². The molecule has 2 atom stereocenters. The molecule has 12 nitrogen and oxygen atoms in total. The molecule has 44 heavy (non-hydrogen) atoms. The highest BCUT2D eigenvalue weighted by Crippen LogP contribution is 2.27. The van der Waals surface area contributed by atoms with Gasteiger partial charge in [-0.3, -0.25) is 10.2 Å². The Morgan fingerprint density at radius 1 is 0.955 bits per heavy atom. The zero-order valence-corrected chi connectivity index (χ0v) is 24.3. The van der Waals surface area contributed by atoms with Crippen LogP contribution < -0.4 is 21.7 Å². The molecule has 1 heterocycles. The minimum absolute atomic E-state index is 0.0284. The summed E-state index contributed by atoms with van der Waals surface area (Å²) in [5.74, 6) is -5.02. The number of amides is 1. The van der Waals surface area contributed by atoms with Gasteiger partial charge < -0.3 is 31.9 Å². The smallest absolute Gasteiger partial charge is 0.475 e. The molecule has 0 radical (unpaired) electrons. The number of aryl methyl sites for hydroxylation is 1. The first-order chi connectivity index (χ1) is 20.0. The molecule has 0 spiro atoms. The van der Waals surface area contributed by atoms with Crippen LogP contribution in [0, 0.1) is 17.7 Å². The molecule has 1 amide bonds. The fourth-order valence-electron chi connectivity index (χ4n) is 3.73. The topological polar surface area (TPSA) is 203 Å².